The molecule has 1 heterocycles. The molecule has 5 nitrogen and oxygen atoms in total. The second-order valence-electron chi connectivity index (χ2n) is 7.33. The molecule has 0 unspecified atom stereocenters. The van der Waals surface area contributed by atoms with Crippen molar-refractivity contribution in [3.05, 3.63) is 63.9 Å². The van der Waals surface area contributed by atoms with E-state index in [-0.39, 0.29) is 30.6 Å². The molecule has 1 aliphatic rings. The zero-order valence-corrected chi connectivity index (χ0v) is 17.9. The van der Waals surface area contributed by atoms with Crippen LogP contribution in [0.25, 0.3) is 0 Å². The quantitative estimate of drug-likeness (QED) is 0.688. The van der Waals surface area contributed by atoms with E-state index < -0.39 is 21.7 Å². The van der Waals surface area contributed by atoms with Crippen molar-refractivity contribution in [2.24, 2.45) is 0 Å². The molecule has 2 aromatic rings. The molecule has 0 spiro atoms. The van der Waals surface area contributed by atoms with Crippen molar-refractivity contribution in [1.29, 1.82) is 0 Å². The molecule has 0 aliphatic carbocycles. The van der Waals surface area contributed by atoms with Crippen LogP contribution in [0, 0.1) is 19.7 Å². The van der Waals surface area contributed by atoms with Gasteiger partial charge in [-0.1, -0.05) is 29.8 Å². The van der Waals surface area contributed by atoms with Gasteiger partial charge in [0.1, 0.15) is 11.6 Å². The standard InChI is InChI=1S/C21H23ClFNO4S/c1-14-9-18(10-15(2)21(14)22)28-12-20(25)24(17-7-8-29(26,27)13-17)11-16-5-3-4-6-19(16)23/h3-6,9-10,17H,7-8,11-13H2,1-2H3/t17-/m1/s1. The fraction of sp³-hybridized carbons (Fsp3) is 0.381. The molecule has 156 valence electrons. The van der Waals surface area contributed by atoms with Crippen LogP contribution in [0.5, 0.6) is 5.75 Å². The lowest BCUT2D eigenvalue weighted by atomic mass is 10.1. The SMILES string of the molecule is Cc1cc(OCC(=O)N(Cc2ccccc2F)[C@@H]2CCS(=O)(=O)C2)cc(C)c1Cl. The summed E-state index contributed by atoms with van der Waals surface area (Å²) in [6.07, 6.45) is 0.335. The average Bonchev–Trinajstić information content (AvgIpc) is 3.02. The lowest BCUT2D eigenvalue weighted by Crippen LogP contribution is -2.43. The molecule has 1 saturated heterocycles. The van der Waals surface area contributed by atoms with Gasteiger partial charge in [0, 0.05) is 23.2 Å². The molecule has 1 fully saturated rings. The molecule has 0 radical (unpaired) electrons. The third kappa shape index (κ3) is 5.28. The van der Waals surface area contributed by atoms with Crippen LogP contribution in [0.3, 0.4) is 0 Å². The molecule has 3 rings (SSSR count). The molecule has 2 aromatic carbocycles. The number of benzene rings is 2. The lowest BCUT2D eigenvalue weighted by Gasteiger charge is -2.28. The fourth-order valence-corrected chi connectivity index (χ4v) is 5.31. The Bertz CT molecular complexity index is 1000. The lowest BCUT2D eigenvalue weighted by molar-refractivity contribution is -0.136. The average molecular weight is 440 g/mol. The van der Waals surface area contributed by atoms with Crippen LogP contribution >= 0.6 is 11.6 Å². The number of aryl methyl sites for hydroxylation is 2. The Kier molecular flexibility index (Phi) is 6.49. The van der Waals surface area contributed by atoms with Crippen LogP contribution in [0.15, 0.2) is 36.4 Å². The van der Waals surface area contributed by atoms with Gasteiger partial charge in [-0.2, -0.15) is 0 Å². The van der Waals surface area contributed by atoms with Gasteiger partial charge in [0.15, 0.2) is 16.4 Å². The van der Waals surface area contributed by atoms with Crippen molar-refractivity contribution in [1.82, 2.24) is 4.90 Å². The van der Waals surface area contributed by atoms with Gasteiger partial charge in [-0.3, -0.25) is 4.79 Å². The number of hydrogen-bond donors (Lipinski definition) is 0. The molecule has 0 aromatic heterocycles. The number of rotatable bonds is 6. The molecular weight excluding hydrogens is 417 g/mol. The first-order valence-electron chi connectivity index (χ1n) is 9.29. The van der Waals surface area contributed by atoms with E-state index in [1.165, 1.54) is 11.0 Å². The minimum atomic E-state index is -3.20. The smallest absolute Gasteiger partial charge is 0.261 e. The number of sulfone groups is 1. The Morgan fingerprint density at radius 3 is 2.48 bits per heavy atom. The maximum absolute atomic E-state index is 14.1. The summed E-state index contributed by atoms with van der Waals surface area (Å²) >= 11 is 6.16. The highest BCUT2D eigenvalue weighted by Gasteiger charge is 2.35. The second-order valence-corrected chi connectivity index (χ2v) is 9.94. The summed E-state index contributed by atoms with van der Waals surface area (Å²) in [5, 5.41) is 0.640. The summed E-state index contributed by atoms with van der Waals surface area (Å²) in [5.74, 6) is -0.416. The third-order valence-corrected chi connectivity index (χ3v) is 7.39. The Labute approximate surface area is 175 Å². The van der Waals surface area contributed by atoms with E-state index in [1.54, 1.807) is 30.3 Å². The minimum absolute atomic E-state index is 0.00622. The van der Waals surface area contributed by atoms with Crippen molar-refractivity contribution >= 4 is 27.3 Å². The van der Waals surface area contributed by atoms with Crippen molar-refractivity contribution in [3.63, 3.8) is 0 Å². The van der Waals surface area contributed by atoms with Crippen LogP contribution in [-0.2, 0) is 21.2 Å². The number of hydrogen-bond acceptors (Lipinski definition) is 4. The van der Waals surface area contributed by atoms with E-state index in [4.69, 9.17) is 16.3 Å². The number of amides is 1. The van der Waals surface area contributed by atoms with E-state index in [0.29, 0.717) is 22.8 Å². The van der Waals surface area contributed by atoms with Crippen LogP contribution in [0.4, 0.5) is 4.39 Å². The van der Waals surface area contributed by atoms with E-state index in [1.807, 2.05) is 13.8 Å². The molecule has 0 saturated carbocycles. The minimum Gasteiger partial charge on any atom is -0.484 e. The highest BCUT2D eigenvalue weighted by Crippen LogP contribution is 2.26. The van der Waals surface area contributed by atoms with E-state index in [9.17, 15) is 17.6 Å². The predicted molar refractivity (Wildman–Crippen MR) is 110 cm³/mol. The Hall–Kier alpha value is -2.12. The molecule has 29 heavy (non-hydrogen) atoms. The zero-order valence-electron chi connectivity index (χ0n) is 16.3. The van der Waals surface area contributed by atoms with Gasteiger partial charge in [0.05, 0.1) is 11.5 Å². The van der Waals surface area contributed by atoms with Gasteiger partial charge in [-0.15, -0.1) is 0 Å². The number of carbonyl (C=O) groups is 1. The predicted octanol–water partition coefficient (Wildman–Crippen LogP) is 3.69. The van der Waals surface area contributed by atoms with Gasteiger partial charge < -0.3 is 9.64 Å². The Morgan fingerprint density at radius 1 is 1.24 bits per heavy atom. The van der Waals surface area contributed by atoms with Crippen molar-refractivity contribution in [2.45, 2.75) is 32.9 Å². The first-order valence-corrected chi connectivity index (χ1v) is 11.5. The number of nitrogens with zero attached hydrogens (tertiary/aromatic N) is 1. The summed E-state index contributed by atoms with van der Waals surface area (Å²) < 4.78 is 43.6. The second kappa shape index (κ2) is 8.71. The highest BCUT2D eigenvalue weighted by atomic mass is 35.5. The maximum atomic E-state index is 14.1. The summed E-state index contributed by atoms with van der Waals surface area (Å²) in [4.78, 5) is 14.3. The van der Waals surface area contributed by atoms with Crippen molar-refractivity contribution in [3.8, 4) is 5.75 Å². The summed E-state index contributed by atoms with van der Waals surface area (Å²) in [6.45, 7) is 3.41. The molecule has 8 heteroatoms. The number of ether oxygens (including phenoxy) is 1. The van der Waals surface area contributed by atoms with E-state index in [0.717, 1.165) is 11.1 Å². The topological polar surface area (TPSA) is 63.7 Å². The fourth-order valence-electron chi connectivity index (χ4n) is 3.47. The monoisotopic (exact) mass is 439 g/mol. The summed E-state index contributed by atoms with van der Waals surface area (Å²) in [7, 11) is -3.20. The molecule has 1 aliphatic heterocycles. The van der Waals surface area contributed by atoms with Crippen LogP contribution in [-0.4, -0.2) is 43.4 Å². The molecule has 1 amide bonds. The highest BCUT2D eigenvalue weighted by molar-refractivity contribution is 7.91. The third-order valence-electron chi connectivity index (χ3n) is 5.04. The van der Waals surface area contributed by atoms with E-state index >= 15 is 0 Å². The maximum Gasteiger partial charge on any atom is 0.261 e. The van der Waals surface area contributed by atoms with Crippen LogP contribution in [0.2, 0.25) is 5.02 Å². The van der Waals surface area contributed by atoms with Gasteiger partial charge in [-0.25, -0.2) is 12.8 Å². The van der Waals surface area contributed by atoms with Gasteiger partial charge >= 0.3 is 0 Å². The molecule has 0 bridgehead atoms. The van der Waals surface area contributed by atoms with Gasteiger partial charge in [0.25, 0.3) is 5.91 Å². The summed E-state index contributed by atoms with van der Waals surface area (Å²) in [5.41, 5.74) is 2.00. The summed E-state index contributed by atoms with van der Waals surface area (Å²) in [6, 6.07) is 9.14. The molecule has 0 N–H and O–H groups in total. The molecule has 1 atom stereocenters. The van der Waals surface area contributed by atoms with Crippen LogP contribution < -0.4 is 4.74 Å². The van der Waals surface area contributed by atoms with Gasteiger partial charge in [0.2, 0.25) is 0 Å². The van der Waals surface area contributed by atoms with Crippen LogP contribution in [0.1, 0.15) is 23.1 Å². The normalized spacial score (nSPS) is 17.9. The van der Waals surface area contributed by atoms with Crippen molar-refractivity contribution in [2.75, 3.05) is 18.1 Å². The molecular formula is C21H23ClFNO4S. The first-order chi connectivity index (χ1) is 13.7. The Morgan fingerprint density at radius 2 is 1.90 bits per heavy atom. The van der Waals surface area contributed by atoms with Crippen molar-refractivity contribution < 1.29 is 22.3 Å². The first kappa shape index (κ1) is 21.6. The number of carbonyl (C=O) groups excluding carboxylic acids is 1. The Balaban J connectivity index is 1.78. The van der Waals surface area contributed by atoms with Gasteiger partial charge in [-0.05, 0) is 49.6 Å². The zero-order chi connectivity index (χ0) is 21.2. The number of halogens is 2. The van der Waals surface area contributed by atoms with E-state index in [2.05, 4.69) is 0 Å². The largest absolute Gasteiger partial charge is 0.484 e.